The van der Waals surface area contributed by atoms with Crippen molar-refractivity contribution in [2.24, 2.45) is 0 Å². The Morgan fingerprint density at radius 3 is 2.59 bits per heavy atom. The summed E-state index contributed by atoms with van der Waals surface area (Å²) in [7, 11) is 0. The van der Waals surface area contributed by atoms with E-state index in [1.165, 1.54) is 0 Å². The maximum atomic E-state index is 12.5. The Hall–Kier alpha value is -1.83. The molecule has 22 heavy (non-hydrogen) atoms. The summed E-state index contributed by atoms with van der Waals surface area (Å²) in [5.41, 5.74) is 0.531. The number of aromatic nitrogens is 3. The van der Waals surface area contributed by atoms with Crippen LogP contribution in [0.25, 0.3) is 0 Å². The van der Waals surface area contributed by atoms with Gasteiger partial charge >= 0.3 is 6.18 Å². The third-order valence-electron chi connectivity index (χ3n) is 2.90. The maximum Gasteiger partial charge on any atom is 0.406 e. The van der Waals surface area contributed by atoms with E-state index in [0.29, 0.717) is 12.0 Å². The molecule has 0 fully saturated rings. The quantitative estimate of drug-likeness (QED) is 0.600. The van der Waals surface area contributed by atoms with Gasteiger partial charge in [-0.05, 0) is 6.42 Å². The largest absolute Gasteiger partial charge is 0.406 e. The number of carbonyl (C=O) groups excluding carboxylic acids is 1. The van der Waals surface area contributed by atoms with Crippen molar-refractivity contribution in [3.8, 4) is 0 Å². The summed E-state index contributed by atoms with van der Waals surface area (Å²) in [6.07, 6.45) is -2.85. The molecule has 0 amide bonds. The Labute approximate surface area is 129 Å². The van der Waals surface area contributed by atoms with Gasteiger partial charge in [-0.25, -0.2) is 0 Å². The van der Waals surface area contributed by atoms with Crippen molar-refractivity contribution in [3.63, 3.8) is 0 Å². The van der Waals surface area contributed by atoms with Crippen LogP contribution in [0.5, 0.6) is 0 Å². The van der Waals surface area contributed by atoms with Crippen LogP contribution in [0.2, 0.25) is 0 Å². The summed E-state index contributed by atoms with van der Waals surface area (Å²) in [6.45, 7) is 0.640. The molecule has 0 radical (unpaired) electrons. The molecule has 1 aromatic heterocycles. The number of ketones is 1. The predicted octanol–water partition coefficient (Wildman–Crippen LogP) is 3.59. The molecule has 1 atom stereocenters. The lowest BCUT2D eigenvalue weighted by Crippen LogP contribution is -2.20. The van der Waals surface area contributed by atoms with Gasteiger partial charge < -0.3 is 0 Å². The van der Waals surface area contributed by atoms with E-state index in [1.807, 2.05) is 6.92 Å². The molecule has 8 heteroatoms. The Bertz CT molecular complexity index is 628. The average molecular weight is 329 g/mol. The number of rotatable bonds is 6. The summed E-state index contributed by atoms with van der Waals surface area (Å²) in [4.78, 5) is 12.4. The monoisotopic (exact) mass is 329 g/mol. The maximum absolute atomic E-state index is 12.5. The van der Waals surface area contributed by atoms with Crippen molar-refractivity contribution in [2.75, 3.05) is 0 Å². The lowest BCUT2D eigenvalue weighted by molar-refractivity contribution is -0.142. The molecule has 2 rings (SSSR count). The van der Waals surface area contributed by atoms with Crippen molar-refractivity contribution >= 4 is 17.5 Å². The Morgan fingerprint density at radius 2 is 2.00 bits per heavy atom. The highest BCUT2D eigenvalue weighted by Gasteiger charge is 2.30. The first-order valence-electron chi connectivity index (χ1n) is 6.61. The highest BCUT2D eigenvalue weighted by Crippen LogP contribution is 2.28. The first kappa shape index (κ1) is 16.5. The van der Waals surface area contributed by atoms with Crippen LogP contribution < -0.4 is 0 Å². The fraction of sp³-hybridized carbons (Fsp3) is 0.357. The summed E-state index contributed by atoms with van der Waals surface area (Å²) in [5.74, 6) is -0.130. The third-order valence-corrected chi connectivity index (χ3v) is 4.26. The van der Waals surface area contributed by atoms with Gasteiger partial charge in [0.2, 0.25) is 0 Å². The average Bonchev–Trinajstić information content (AvgIpc) is 2.90. The zero-order valence-electron chi connectivity index (χ0n) is 11.7. The fourth-order valence-electron chi connectivity index (χ4n) is 1.88. The lowest BCUT2D eigenvalue weighted by Gasteiger charge is -2.14. The molecule has 118 valence electrons. The number of benzene rings is 1. The molecule has 1 aromatic carbocycles. The first-order valence-corrected chi connectivity index (χ1v) is 7.49. The lowest BCUT2D eigenvalue weighted by atomic mass is 10.1. The Kier molecular flexibility index (Phi) is 5.23. The van der Waals surface area contributed by atoms with Crippen LogP contribution in [0, 0.1) is 0 Å². The molecule has 0 saturated heterocycles. The molecule has 0 N–H and O–H groups in total. The topological polar surface area (TPSA) is 47.8 Å². The molecule has 2 aromatic rings. The smallest absolute Gasteiger partial charge is 0.299 e. The minimum atomic E-state index is -4.36. The van der Waals surface area contributed by atoms with Gasteiger partial charge in [-0.3, -0.25) is 9.36 Å². The van der Waals surface area contributed by atoms with E-state index in [0.717, 1.165) is 22.7 Å². The molecule has 0 aliphatic rings. The van der Waals surface area contributed by atoms with Crippen molar-refractivity contribution in [2.45, 2.75) is 36.5 Å². The van der Waals surface area contributed by atoms with Crippen molar-refractivity contribution in [1.82, 2.24) is 14.8 Å². The highest BCUT2D eigenvalue weighted by atomic mass is 32.2. The molecule has 0 aliphatic heterocycles. The fourth-order valence-corrected chi connectivity index (χ4v) is 2.88. The molecule has 1 heterocycles. The van der Waals surface area contributed by atoms with Crippen molar-refractivity contribution < 1.29 is 18.0 Å². The first-order chi connectivity index (χ1) is 10.4. The van der Waals surface area contributed by atoms with Gasteiger partial charge in [-0.15, -0.1) is 10.2 Å². The standard InChI is InChI=1S/C14H14F3N3OS/c1-2-11(12(21)10-6-4-3-5-7-10)22-13-19-18-9-20(13)8-14(15,16)17/h3-7,9,11H,2,8H2,1H3/t11-/m1/s1. The van der Waals surface area contributed by atoms with E-state index in [4.69, 9.17) is 0 Å². The number of thioether (sulfide) groups is 1. The minimum Gasteiger partial charge on any atom is -0.299 e. The van der Waals surface area contributed by atoms with E-state index in [2.05, 4.69) is 10.2 Å². The second-order valence-electron chi connectivity index (χ2n) is 4.60. The van der Waals surface area contributed by atoms with Gasteiger partial charge in [0.15, 0.2) is 10.9 Å². The van der Waals surface area contributed by atoms with E-state index in [9.17, 15) is 18.0 Å². The molecule has 0 aliphatic carbocycles. The Morgan fingerprint density at radius 1 is 1.32 bits per heavy atom. The number of hydrogen-bond acceptors (Lipinski definition) is 4. The predicted molar refractivity (Wildman–Crippen MR) is 76.8 cm³/mol. The van der Waals surface area contributed by atoms with Crippen LogP contribution in [0.4, 0.5) is 13.2 Å². The highest BCUT2D eigenvalue weighted by molar-refractivity contribution is 8.00. The number of halogens is 3. The number of alkyl halides is 3. The van der Waals surface area contributed by atoms with Gasteiger partial charge in [-0.1, -0.05) is 49.0 Å². The van der Waals surface area contributed by atoms with Crippen molar-refractivity contribution in [3.05, 3.63) is 42.2 Å². The van der Waals surface area contributed by atoms with Crippen LogP contribution in [-0.2, 0) is 6.54 Å². The van der Waals surface area contributed by atoms with Gasteiger partial charge in [0.1, 0.15) is 12.9 Å². The minimum absolute atomic E-state index is 0.0912. The normalized spacial score (nSPS) is 13.1. The molecule has 4 nitrogen and oxygen atoms in total. The van der Waals surface area contributed by atoms with E-state index >= 15 is 0 Å². The summed E-state index contributed by atoms with van der Waals surface area (Å²) in [6, 6.07) is 8.66. The molecule has 0 saturated carbocycles. The van der Waals surface area contributed by atoms with Crippen LogP contribution in [0.15, 0.2) is 41.8 Å². The van der Waals surface area contributed by atoms with Gasteiger partial charge in [0.25, 0.3) is 0 Å². The SMILES string of the molecule is CC[C@@H](Sc1nncn1CC(F)(F)F)C(=O)c1ccccc1. The number of nitrogens with zero attached hydrogens (tertiary/aromatic N) is 3. The molecular formula is C14H14F3N3OS. The third kappa shape index (κ3) is 4.33. The number of Topliss-reactive ketones (excluding diaryl/α,β-unsaturated/α-hetero) is 1. The summed E-state index contributed by atoms with van der Waals surface area (Å²) in [5, 5.41) is 6.78. The molecule has 0 spiro atoms. The van der Waals surface area contributed by atoms with Crippen LogP contribution in [-0.4, -0.2) is 32.0 Å². The Balaban J connectivity index is 2.14. The van der Waals surface area contributed by atoms with E-state index < -0.39 is 18.0 Å². The van der Waals surface area contributed by atoms with Gasteiger partial charge in [0.05, 0.1) is 5.25 Å². The number of carbonyl (C=O) groups is 1. The second kappa shape index (κ2) is 6.95. The molecule has 0 bridgehead atoms. The van der Waals surface area contributed by atoms with Crippen molar-refractivity contribution in [1.29, 1.82) is 0 Å². The molecular weight excluding hydrogens is 315 g/mol. The zero-order valence-corrected chi connectivity index (χ0v) is 12.6. The van der Waals surface area contributed by atoms with Gasteiger partial charge in [0, 0.05) is 5.56 Å². The summed E-state index contributed by atoms with van der Waals surface area (Å²) >= 11 is 1.01. The van der Waals surface area contributed by atoms with E-state index in [-0.39, 0.29) is 10.9 Å². The summed E-state index contributed by atoms with van der Waals surface area (Å²) < 4.78 is 38.4. The van der Waals surface area contributed by atoms with E-state index in [1.54, 1.807) is 30.3 Å². The second-order valence-corrected chi connectivity index (χ2v) is 5.77. The molecule has 0 unspecified atom stereocenters. The zero-order chi connectivity index (χ0) is 16.2. The van der Waals surface area contributed by atoms with Crippen LogP contribution >= 0.6 is 11.8 Å². The number of hydrogen-bond donors (Lipinski definition) is 0. The van der Waals surface area contributed by atoms with Gasteiger partial charge in [-0.2, -0.15) is 13.2 Å². The van der Waals surface area contributed by atoms with Crippen LogP contribution in [0.1, 0.15) is 23.7 Å². The van der Waals surface area contributed by atoms with Crippen LogP contribution in [0.3, 0.4) is 0 Å².